The van der Waals surface area contributed by atoms with Gasteiger partial charge < -0.3 is 0 Å². The molecule has 1 heteroatoms. The van der Waals surface area contributed by atoms with Gasteiger partial charge in [-0.05, 0) is 152 Å². The number of thiophene rings is 1. The number of fused-ring (bicyclic) bond motifs is 35. The average molecular weight is 1070 g/mol. The van der Waals surface area contributed by atoms with Crippen LogP contribution in [0.25, 0.3) is 64.7 Å². The lowest BCUT2D eigenvalue weighted by Gasteiger charge is -2.49. The zero-order valence-corrected chi connectivity index (χ0v) is 46.1. The average Bonchev–Trinajstić information content (AvgIpc) is 1.72. The molecule has 0 bridgehead atoms. The van der Waals surface area contributed by atoms with E-state index in [0.29, 0.717) is 0 Å². The summed E-state index contributed by atoms with van der Waals surface area (Å²) in [4.78, 5) is 0. The third-order valence-electron chi connectivity index (χ3n) is 20.3. The van der Waals surface area contributed by atoms with Gasteiger partial charge in [-0.3, -0.25) is 0 Å². The number of hydrogen-bond acceptors (Lipinski definition) is 1. The van der Waals surface area contributed by atoms with Crippen LogP contribution in [0.1, 0.15) is 89.0 Å². The van der Waals surface area contributed by atoms with Crippen LogP contribution >= 0.6 is 11.3 Å². The molecule has 1 heterocycles. The van der Waals surface area contributed by atoms with Crippen molar-refractivity contribution in [2.45, 2.75) is 21.7 Å². The van der Waals surface area contributed by atoms with Gasteiger partial charge in [-0.25, -0.2) is 0 Å². The molecule has 0 saturated heterocycles. The van der Waals surface area contributed by atoms with Crippen LogP contribution in [-0.4, -0.2) is 0 Å². The van der Waals surface area contributed by atoms with Gasteiger partial charge >= 0.3 is 0 Å². The predicted octanol–water partition coefficient (Wildman–Crippen LogP) is 19.8. The van der Waals surface area contributed by atoms with E-state index in [4.69, 9.17) is 0 Å². The monoisotopic (exact) mass is 1070 g/mol. The molecule has 0 fully saturated rings. The minimum absolute atomic E-state index is 0.363. The van der Waals surface area contributed by atoms with Crippen molar-refractivity contribution in [1.82, 2.24) is 0 Å². The standard InChI is InChI=1S/C44H26S.C38H24/c1-6-18-33-27(13-1)28-14-2-7-19-34(28)43(33)37-22-10-11-23-38(37)44(35-20-8-3-15-29(35)30-16-4-9-21-36(30)44)40-26-42-32(25-39(40)43)31-17-5-12-24-41(31)45-42;1-5-17-29-25(13-1)26-14-2-6-18-30(26)37(29)33-21-9-11-23-35(33)38(36-24-12-10-22-34(36)37)31-19-7-3-15-27(31)28-16-4-8-20-32(28)38/h1-26H;1-24H. The first-order valence-electron chi connectivity index (χ1n) is 29.2. The van der Waals surface area contributed by atoms with Gasteiger partial charge in [0, 0.05) is 20.2 Å². The third kappa shape index (κ3) is 5.31. The largest absolute Gasteiger partial charge is 0.135 e. The molecule has 0 saturated carbocycles. The Hall–Kier alpha value is -9.92. The summed E-state index contributed by atoms with van der Waals surface area (Å²) < 4.78 is 2.69. The Morgan fingerprint density at radius 3 is 0.639 bits per heavy atom. The van der Waals surface area contributed by atoms with Gasteiger partial charge in [0.2, 0.25) is 0 Å². The normalized spacial score (nSPS) is 15.6. The molecule has 1 aromatic heterocycles. The van der Waals surface area contributed by atoms with Crippen molar-refractivity contribution in [2.24, 2.45) is 0 Å². The smallest absolute Gasteiger partial charge is 0.0720 e. The van der Waals surface area contributed by atoms with E-state index >= 15 is 0 Å². The lowest BCUT2D eigenvalue weighted by atomic mass is 9.52. The first-order chi connectivity index (χ1) is 41.2. The molecule has 6 aliphatic rings. The molecule has 0 unspecified atom stereocenters. The van der Waals surface area contributed by atoms with Crippen molar-refractivity contribution in [2.75, 3.05) is 0 Å². The van der Waals surface area contributed by atoms with Crippen molar-refractivity contribution in [3.8, 4) is 44.5 Å². The van der Waals surface area contributed by atoms with E-state index in [2.05, 4.69) is 303 Å². The van der Waals surface area contributed by atoms with Crippen molar-refractivity contribution in [1.29, 1.82) is 0 Å². The summed E-state index contributed by atoms with van der Waals surface area (Å²) >= 11 is 1.92. The predicted molar refractivity (Wildman–Crippen MR) is 342 cm³/mol. The fourth-order valence-corrected chi connectivity index (χ4v) is 18.8. The summed E-state index contributed by atoms with van der Waals surface area (Å²) in [6, 6.07) is 115. The maximum absolute atomic E-state index is 2.59. The van der Waals surface area contributed by atoms with Crippen molar-refractivity contribution in [3.63, 3.8) is 0 Å². The second-order valence-corrected chi connectivity index (χ2v) is 24.6. The van der Waals surface area contributed by atoms with E-state index in [1.54, 1.807) is 0 Å². The molecule has 6 aliphatic carbocycles. The van der Waals surface area contributed by atoms with E-state index in [1.165, 1.54) is 154 Å². The van der Waals surface area contributed by atoms with E-state index < -0.39 is 10.8 Å². The summed E-state index contributed by atoms with van der Waals surface area (Å²) in [5.74, 6) is 0. The number of rotatable bonds is 0. The second-order valence-electron chi connectivity index (χ2n) is 23.5. The molecule has 4 spiro atoms. The Kier molecular flexibility index (Phi) is 9.04. The highest BCUT2D eigenvalue weighted by Gasteiger charge is 2.61. The van der Waals surface area contributed by atoms with E-state index in [9.17, 15) is 0 Å². The molecule has 20 rings (SSSR count). The lowest BCUT2D eigenvalue weighted by Crippen LogP contribution is -2.43. The molecule has 0 atom stereocenters. The highest BCUT2D eigenvalue weighted by atomic mass is 32.1. The zero-order valence-electron chi connectivity index (χ0n) is 45.3. The van der Waals surface area contributed by atoms with Gasteiger partial charge in [-0.2, -0.15) is 0 Å². The van der Waals surface area contributed by atoms with Crippen molar-refractivity contribution in [3.05, 3.63) is 392 Å². The first kappa shape index (κ1) is 45.8. The van der Waals surface area contributed by atoms with Crippen LogP contribution in [0.3, 0.4) is 0 Å². The fourth-order valence-electron chi connectivity index (χ4n) is 17.6. The molecule has 0 nitrogen and oxygen atoms in total. The maximum atomic E-state index is 2.59. The Balaban J connectivity index is 0.000000125. The lowest BCUT2D eigenvalue weighted by molar-refractivity contribution is 0.633. The van der Waals surface area contributed by atoms with Gasteiger partial charge in [0.1, 0.15) is 0 Å². The van der Waals surface area contributed by atoms with Crippen LogP contribution in [0.5, 0.6) is 0 Å². The van der Waals surface area contributed by atoms with Crippen molar-refractivity contribution >= 4 is 31.5 Å². The number of benzene rings is 13. The summed E-state index contributed by atoms with van der Waals surface area (Å²) in [6.07, 6.45) is 0. The molecule has 13 aromatic carbocycles. The minimum atomic E-state index is -0.436. The quantitative estimate of drug-likeness (QED) is 0.142. The third-order valence-corrected chi connectivity index (χ3v) is 21.5. The topological polar surface area (TPSA) is 0 Å². The SMILES string of the molecule is c1ccc2c(c1)-c1ccccc1C21c2ccccc2C2(c3ccccc3-c3ccccc32)c2cc3c(cc21)sc1ccccc13.c1ccc2c(c1)-c1ccccc1C21c2ccccc2C2(c3ccccc3-c3ccccc32)c2ccccc21. The van der Waals surface area contributed by atoms with Crippen LogP contribution < -0.4 is 0 Å². The first-order valence-corrected chi connectivity index (χ1v) is 30.1. The molecule has 14 aromatic rings. The molecule has 83 heavy (non-hydrogen) atoms. The summed E-state index contributed by atoms with van der Waals surface area (Å²) in [5.41, 5.74) is 31.4. The Labute approximate surface area is 486 Å². The minimum Gasteiger partial charge on any atom is -0.135 e. The van der Waals surface area contributed by atoms with E-state index in [0.717, 1.165) is 0 Å². The van der Waals surface area contributed by atoms with Crippen LogP contribution in [0.15, 0.2) is 303 Å². The van der Waals surface area contributed by atoms with Gasteiger partial charge in [-0.1, -0.05) is 285 Å². The molecular weight excluding hydrogens is 1020 g/mol. The van der Waals surface area contributed by atoms with Crippen LogP contribution in [0.4, 0.5) is 0 Å². The maximum Gasteiger partial charge on any atom is 0.0720 e. The van der Waals surface area contributed by atoms with Gasteiger partial charge in [0.05, 0.1) is 21.7 Å². The van der Waals surface area contributed by atoms with Gasteiger partial charge in [-0.15, -0.1) is 11.3 Å². The molecule has 0 amide bonds. The van der Waals surface area contributed by atoms with Crippen LogP contribution in [0, 0.1) is 0 Å². The molecule has 0 radical (unpaired) electrons. The van der Waals surface area contributed by atoms with Gasteiger partial charge in [0.15, 0.2) is 0 Å². The molecule has 0 aliphatic heterocycles. The number of hydrogen-bond donors (Lipinski definition) is 0. The zero-order chi connectivity index (χ0) is 54.2. The Morgan fingerprint density at radius 2 is 0.361 bits per heavy atom. The Morgan fingerprint density at radius 1 is 0.157 bits per heavy atom. The summed E-state index contributed by atoms with van der Waals surface area (Å²) in [7, 11) is 0. The Bertz CT molecular complexity index is 4760. The van der Waals surface area contributed by atoms with Crippen LogP contribution in [-0.2, 0) is 21.7 Å². The molecule has 384 valence electrons. The summed E-state index contributed by atoms with van der Waals surface area (Å²) in [5, 5.41) is 2.69. The summed E-state index contributed by atoms with van der Waals surface area (Å²) in [6.45, 7) is 0. The van der Waals surface area contributed by atoms with Gasteiger partial charge in [0.25, 0.3) is 0 Å². The van der Waals surface area contributed by atoms with Crippen molar-refractivity contribution < 1.29 is 0 Å². The fraction of sp³-hybridized carbons (Fsp3) is 0.0488. The highest BCUT2D eigenvalue weighted by Crippen LogP contribution is 2.70. The van der Waals surface area contributed by atoms with Crippen LogP contribution in [0.2, 0.25) is 0 Å². The molecular formula is C82H50S. The molecule has 0 N–H and O–H groups in total. The van der Waals surface area contributed by atoms with E-state index in [-0.39, 0.29) is 10.8 Å². The van der Waals surface area contributed by atoms with E-state index in [1.807, 2.05) is 11.3 Å². The second kappa shape index (κ2) is 16.4. The highest BCUT2D eigenvalue weighted by molar-refractivity contribution is 7.25.